The van der Waals surface area contributed by atoms with Crippen molar-refractivity contribution in [2.24, 2.45) is 4.99 Å². The third-order valence-electron chi connectivity index (χ3n) is 3.69. The molecule has 0 amide bonds. The molecule has 2 atom stereocenters. The smallest absolute Gasteiger partial charge is 0.191 e. The zero-order valence-electron chi connectivity index (χ0n) is 13.2. The second-order valence-corrected chi connectivity index (χ2v) is 6.69. The van der Waals surface area contributed by atoms with Gasteiger partial charge in [-0.05, 0) is 37.7 Å². The number of hydrogen-bond acceptors (Lipinski definition) is 4. The number of nitrogens with one attached hydrogen (secondary N) is 2. The summed E-state index contributed by atoms with van der Waals surface area (Å²) in [6.45, 7) is 5.97. The van der Waals surface area contributed by atoms with E-state index in [4.69, 9.17) is 4.42 Å². The number of thioether (sulfide) groups is 1. The minimum Gasteiger partial charge on any atom is -0.467 e. The van der Waals surface area contributed by atoms with E-state index in [0.29, 0.717) is 18.3 Å². The molecule has 1 aliphatic carbocycles. The van der Waals surface area contributed by atoms with Gasteiger partial charge < -0.3 is 20.2 Å². The number of furan rings is 1. The van der Waals surface area contributed by atoms with Crippen LogP contribution in [0.4, 0.5) is 0 Å². The van der Waals surface area contributed by atoms with Crippen LogP contribution in [0.15, 0.2) is 27.8 Å². The van der Waals surface area contributed by atoms with Crippen molar-refractivity contribution in [2.45, 2.75) is 44.1 Å². The molecule has 7 heteroatoms. The van der Waals surface area contributed by atoms with Gasteiger partial charge in [0.15, 0.2) is 5.96 Å². The molecule has 3 N–H and O–H groups in total. The van der Waals surface area contributed by atoms with Gasteiger partial charge in [-0.2, -0.15) is 11.8 Å². The quantitative estimate of drug-likeness (QED) is 0.346. The SMILES string of the molecule is CCNC(=NCc1ccco1)NCC1(O)CCC1SCC.I. The summed E-state index contributed by atoms with van der Waals surface area (Å²) in [4.78, 5) is 4.47. The van der Waals surface area contributed by atoms with Crippen LogP contribution in [0.5, 0.6) is 0 Å². The number of halogens is 1. The number of aliphatic hydroxyl groups is 1. The lowest BCUT2D eigenvalue weighted by molar-refractivity contribution is -0.0198. The Morgan fingerprint density at radius 3 is 2.86 bits per heavy atom. The van der Waals surface area contributed by atoms with Crippen LogP contribution in [0, 0.1) is 0 Å². The first-order valence-corrected chi connectivity index (χ1v) is 8.61. The average Bonchev–Trinajstić information content (AvgIpc) is 2.99. The molecule has 0 radical (unpaired) electrons. The van der Waals surface area contributed by atoms with Gasteiger partial charge in [0, 0.05) is 18.3 Å². The van der Waals surface area contributed by atoms with Gasteiger partial charge >= 0.3 is 0 Å². The van der Waals surface area contributed by atoms with Gasteiger partial charge in [0.05, 0.1) is 11.9 Å². The van der Waals surface area contributed by atoms with Crippen molar-refractivity contribution in [3.05, 3.63) is 24.2 Å². The summed E-state index contributed by atoms with van der Waals surface area (Å²) in [7, 11) is 0. The Morgan fingerprint density at radius 2 is 2.32 bits per heavy atom. The highest BCUT2D eigenvalue weighted by Gasteiger charge is 2.45. The molecule has 1 fully saturated rings. The van der Waals surface area contributed by atoms with E-state index in [0.717, 1.165) is 36.9 Å². The molecule has 22 heavy (non-hydrogen) atoms. The molecule has 1 saturated carbocycles. The lowest BCUT2D eigenvalue weighted by Crippen LogP contribution is -2.58. The van der Waals surface area contributed by atoms with Crippen molar-refractivity contribution < 1.29 is 9.52 Å². The highest BCUT2D eigenvalue weighted by Crippen LogP contribution is 2.40. The number of guanidine groups is 1. The molecule has 126 valence electrons. The van der Waals surface area contributed by atoms with Crippen LogP contribution in [0.3, 0.4) is 0 Å². The van der Waals surface area contributed by atoms with Crippen LogP contribution < -0.4 is 10.6 Å². The number of hydrogen-bond donors (Lipinski definition) is 3. The van der Waals surface area contributed by atoms with Crippen molar-refractivity contribution >= 4 is 41.7 Å². The molecule has 1 heterocycles. The first-order chi connectivity index (χ1) is 10.2. The van der Waals surface area contributed by atoms with Crippen LogP contribution >= 0.6 is 35.7 Å². The minimum absolute atomic E-state index is 0. The Morgan fingerprint density at radius 1 is 1.50 bits per heavy atom. The van der Waals surface area contributed by atoms with Crippen LogP contribution in [-0.2, 0) is 6.54 Å². The van der Waals surface area contributed by atoms with Crippen molar-refractivity contribution in [1.29, 1.82) is 0 Å². The van der Waals surface area contributed by atoms with E-state index in [9.17, 15) is 5.11 Å². The van der Waals surface area contributed by atoms with Crippen molar-refractivity contribution in [1.82, 2.24) is 10.6 Å². The maximum absolute atomic E-state index is 10.6. The molecule has 0 aromatic carbocycles. The minimum atomic E-state index is -0.610. The molecule has 1 aromatic rings. The molecule has 2 unspecified atom stereocenters. The Labute approximate surface area is 153 Å². The van der Waals surface area contributed by atoms with Crippen molar-refractivity contribution in [3.63, 3.8) is 0 Å². The predicted octanol–water partition coefficient (Wildman–Crippen LogP) is 2.60. The van der Waals surface area contributed by atoms with Gasteiger partial charge in [-0.15, -0.1) is 24.0 Å². The summed E-state index contributed by atoms with van der Waals surface area (Å²) in [5.74, 6) is 2.59. The summed E-state index contributed by atoms with van der Waals surface area (Å²) in [6, 6.07) is 3.76. The molecule has 0 bridgehead atoms. The normalized spacial score (nSPS) is 24.3. The molecule has 1 aromatic heterocycles. The van der Waals surface area contributed by atoms with Gasteiger partial charge in [0.1, 0.15) is 12.3 Å². The van der Waals surface area contributed by atoms with Crippen LogP contribution in [0.2, 0.25) is 0 Å². The highest BCUT2D eigenvalue weighted by atomic mass is 127. The molecule has 5 nitrogen and oxygen atoms in total. The van der Waals surface area contributed by atoms with Crippen LogP contribution in [0.25, 0.3) is 0 Å². The van der Waals surface area contributed by atoms with Gasteiger partial charge in [0.25, 0.3) is 0 Å². The van der Waals surface area contributed by atoms with E-state index in [1.54, 1.807) is 6.26 Å². The highest BCUT2D eigenvalue weighted by molar-refractivity contribution is 14.0. The third kappa shape index (κ3) is 5.34. The Hall–Kier alpha value is -0.410. The fourth-order valence-electron chi connectivity index (χ4n) is 2.38. The van der Waals surface area contributed by atoms with Gasteiger partial charge in [-0.3, -0.25) is 0 Å². The van der Waals surface area contributed by atoms with E-state index in [1.807, 2.05) is 30.8 Å². The first-order valence-electron chi connectivity index (χ1n) is 7.56. The second-order valence-electron chi connectivity index (χ2n) is 5.21. The van der Waals surface area contributed by atoms with Crippen molar-refractivity contribution in [3.8, 4) is 0 Å². The van der Waals surface area contributed by atoms with E-state index in [-0.39, 0.29) is 24.0 Å². The maximum Gasteiger partial charge on any atom is 0.191 e. The first kappa shape index (κ1) is 19.6. The second kappa shape index (κ2) is 9.67. The lowest BCUT2D eigenvalue weighted by Gasteiger charge is -2.45. The summed E-state index contributed by atoms with van der Waals surface area (Å²) in [5.41, 5.74) is -0.610. The predicted molar refractivity (Wildman–Crippen MR) is 103 cm³/mol. The number of aliphatic imine (C=N–C) groups is 1. The summed E-state index contributed by atoms with van der Waals surface area (Å²) in [6.07, 6.45) is 3.60. The topological polar surface area (TPSA) is 69.8 Å². The largest absolute Gasteiger partial charge is 0.467 e. The van der Waals surface area contributed by atoms with Crippen molar-refractivity contribution in [2.75, 3.05) is 18.8 Å². The molecule has 0 aliphatic heterocycles. The van der Waals surface area contributed by atoms with Gasteiger partial charge in [0.2, 0.25) is 0 Å². The standard InChI is InChI=1S/C15H25N3O2S.HI/c1-3-16-14(17-10-12-6-5-9-20-12)18-11-15(19)8-7-13(15)21-4-2;/h5-6,9,13,19H,3-4,7-8,10-11H2,1-2H3,(H2,16,17,18);1H. The molecule has 1 aliphatic rings. The molecule has 0 saturated heterocycles. The summed E-state index contributed by atoms with van der Waals surface area (Å²) < 4.78 is 5.27. The van der Waals surface area contributed by atoms with Crippen LogP contribution in [0.1, 0.15) is 32.4 Å². The van der Waals surface area contributed by atoms with E-state index >= 15 is 0 Å². The molecular weight excluding hydrogens is 413 g/mol. The fraction of sp³-hybridized carbons (Fsp3) is 0.667. The Bertz CT molecular complexity index is 456. The van der Waals surface area contributed by atoms with E-state index < -0.39 is 5.60 Å². The van der Waals surface area contributed by atoms with E-state index in [2.05, 4.69) is 22.5 Å². The van der Waals surface area contributed by atoms with E-state index in [1.165, 1.54) is 0 Å². The zero-order chi connectivity index (χ0) is 15.1. The summed E-state index contributed by atoms with van der Waals surface area (Å²) in [5, 5.41) is 17.4. The Kier molecular flexibility index (Phi) is 8.63. The Balaban J connectivity index is 0.00000242. The third-order valence-corrected chi connectivity index (χ3v) is 5.10. The summed E-state index contributed by atoms with van der Waals surface area (Å²) >= 11 is 1.84. The fourth-order valence-corrected chi connectivity index (χ4v) is 3.57. The zero-order valence-corrected chi connectivity index (χ0v) is 16.3. The van der Waals surface area contributed by atoms with Crippen LogP contribution in [-0.4, -0.2) is 40.8 Å². The number of rotatable bonds is 7. The molecule has 0 spiro atoms. The molecule has 2 rings (SSSR count). The maximum atomic E-state index is 10.6. The monoisotopic (exact) mass is 439 g/mol. The number of nitrogens with zero attached hydrogens (tertiary/aromatic N) is 1. The van der Waals surface area contributed by atoms with Gasteiger partial charge in [-0.25, -0.2) is 4.99 Å². The van der Waals surface area contributed by atoms with Gasteiger partial charge in [-0.1, -0.05) is 6.92 Å². The lowest BCUT2D eigenvalue weighted by atomic mass is 9.79. The average molecular weight is 439 g/mol. The molecular formula is C15H26IN3O2S.